The van der Waals surface area contributed by atoms with E-state index in [9.17, 15) is 0 Å². The van der Waals surface area contributed by atoms with E-state index in [1.54, 1.807) is 0 Å². The van der Waals surface area contributed by atoms with Crippen LogP contribution in [-0.2, 0) is 0 Å². The summed E-state index contributed by atoms with van der Waals surface area (Å²) in [6.45, 7) is 2.09. The summed E-state index contributed by atoms with van der Waals surface area (Å²) in [4.78, 5) is 0. The highest BCUT2D eigenvalue weighted by Crippen LogP contribution is 2.15. The standard InChI is InChI=1S/C15H15N/c1-12-5-4-6-13(11-12)9-10-14-7-2-3-8-15(14)16/h2-11H,16H2,1H3/b10-9-. The van der Waals surface area contributed by atoms with Crippen LogP contribution in [0.25, 0.3) is 12.2 Å². The van der Waals surface area contributed by atoms with Gasteiger partial charge in [0, 0.05) is 5.69 Å². The number of para-hydroxylation sites is 1. The molecule has 2 aromatic rings. The van der Waals surface area contributed by atoms with Crippen molar-refractivity contribution in [2.24, 2.45) is 0 Å². The van der Waals surface area contributed by atoms with Gasteiger partial charge in [0.25, 0.3) is 0 Å². The quantitative estimate of drug-likeness (QED) is 0.591. The third kappa shape index (κ3) is 2.51. The lowest BCUT2D eigenvalue weighted by molar-refractivity contribution is 1.46. The van der Waals surface area contributed by atoms with Crippen molar-refractivity contribution < 1.29 is 0 Å². The van der Waals surface area contributed by atoms with E-state index in [1.165, 1.54) is 11.1 Å². The number of anilines is 1. The summed E-state index contributed by atoms with van der Waals surface area (Å²) in [5, 5.41) is 0. The molecule has 80 valence electrons. The summed E-state index contributed by atoms with van der Waals surface area (Å²) in [6, 6.07) is 16.2. The van der Waals surface area contributed by atoms with Crippen LogP contribution < -0.4 is 5.73 Å². The van der Waals surface area contributed by atoms with Crippen LogP contribution >= 0.6 is 0 Å². The highest BCUT2D eigenvalue weighted by atomic mass is 14.5. The van der Waals surface area contributed by atoms with E-state index in [2.05, 4.69) is 37.3 Å². The number of hydrogen-bond donors (Lipinski definition) is 1. The lowest BCUT2D eigenvalue weighted by atomic mass is 10.1. The Balaban J connectivity index is 2.25. The maximum Gasteiger partial charge on any atom is 0.0387 e. The minimum Gasteiger partial charge on any atom is -0.398 e. The molecular formula is C15H15N. The molecule has 0 radical (unpaired) electrons. The fourth-order valence-corrected chi connectivity index (χ4v) is 1.62. The van der Waals surface area contributed by atoms with Crippen LogP contribution in [0.1, 0.15) is 16.7 Å². The highest BCUT2D eigenvalue weighted by Gasteiger charge is 1.92. The summed E-state index contributed by atoms with van der Waals surface area (Å²) in [7, 11) is 0. The molecule has 0 unspecified atom stereocenters. The van der Waals surface area contributed by atoms with Crippen LogP contribution in [0.4, 0.5) is 5.69 Å². The predicted octanol–water partition coefficient (Wildman–Crippen LogP) is 3.75. The van der Waals surface area contributed by atoms with Gasteiger partial charge in [-0.05, 0) is 24.1 Å². The minimum absolute atomic E-state index is 0.811. The molecule has 0 aliphatic carbocycles. The molecule has 0 aliphatic rings. The SMILES string of the molecule is Cc1cccc(/C=C\c2ccccc2N)c1. The van der Waals surface area contributed by atoms with Crippen molar-refractivity contribution in [3.8, 4) is 0 Å². The second-order valence-corrected chi connectivity index (χ2v) is 3.88. The van der Waals surface area contributed by atoms with E-state index < -0.39 is 0 Å². The van der Waals surface area contributed by atoms with Crippen LogP contribution in [-0.4, -0.2) is 0 Å². The normalized spacial score (nSPS) is 10.8. The van der Waals surface area contributed by atoms with Crippen molar-refractivity contribution in [2.75, 3.05) is 5.73 Å². The highest BCUT2D eigenvalue weighted by molar-refractivity contribution is 5.75. The molecule has 0 aromatic heterocycles. The van der Waals surface area contributed by atoms with Gasteiger partial charge in [-0.3, -0.25) is 0 Å². The molecule has 0 saturated heterocycles. The Morgan fingerprint density at radius 3 is 2.50 bits per heavy atom. The first kappa shape index (κ1) is 10.5. The fourth-order valence-electron chi connectivity index (χ4n) is 1.62. The molecular weight excluding hydrogens is 194 g/mol. The zero-order chi connectivity index (χ0) is 11.4. The van der Waals surface area contributed by atoms with Crippen LogP contribution in [0, 0.1) is 6.92 Å². The third-order valence-corrected chi connectivity index (χ3v) is 2.49. The van der Waals surface area contributed by atoms with Crippen molar-refractivity contribution in [3.05, 3.63) is 65.2 Å². The van der Waals surface area contributed by atoms with Gasteiger partial charge in [0.1, 0.15) is 0 Å². The first-order valence-corrected chi connectivity index (χ1v) is 5.35. The Hall–Kier alpha value is -2.02. The Morgan fingerprint density at radius 1 is 0.938 bits per heavy atom. The third-order valence-electron chi connectivity index (χ3n) is 2.49. The maximum atomic E-state index is 5.86. The predicted molar refractivity (Wildman–Crippen MR) is 71.0 cm³/mol. The van der Waals surface area contributed by atoms with E-state index in [1.807, 2.05) is 30.3 Å². The second-order valence-electron chi connectivity index (χ2n) is 3.88. The molecule has 2 N–H and O–H groups in total. The molecule has 0 atom stereocenters. The van der Waals surface area contributed by atoms with Crippen LogP contribution in [0.5, 0.6) is 0 Å². The van der Waals surface area contributed by atoms with E-state index in [0.29, 0.717) is 0 Å². The topological polar surface area (TPSA) is 26.0 Å². The minimum atomic E-state index is 0.811. The molecule has 16 heavy (non-hydrogen) atoms. The second kappa shape index (κ2) is 4.67. The molecule has 1 nitrogen and oxygen atoms in total. The number of hydrogen-bond acceptors (Lipinski definition) is 1. The molecule has 0 heterocycles. The average Bonchev–Trinajstić information content (AvgIpc) is 2.28. The Labute approximate surface area is 96.2 Å². The van der Waals surface area contributed by atoms with Crippen LogP contribution in [0.15, 0.2) is 48.5 Å². The summed E-state index contributed by atoms with van der Waals surface area (Å²) in [5.74, 6) is 0. The lowest BCUT2D eigenvalue weighted by Gasteiger charge is -1.99. The first-order valence-electron chi connectivity index (χ1n) is 5.35. The van der Waals surface area contributed by atoms with Crippen LogP contribution in [0.3, 0.4) is 0 Å². The van der Waals surface area contributed by atoms with Crippen molar-refractivity contribution in [1.82, 2.24) is 0 Å². The van der Waals surface area contributed by atoms with Crippen LogP contribution in [0.2, 0.25) is 0 Å². The molecule has 0 saturated carbocycles. The number of nitrogens with two attached hydrogens (primary N) is 1. The van der Waals surface area contributed by atoms with E-state index in [-0.39, 0.29) is 0 Å². The molecule has 0 aliphatic heterocycles. The average molecular weight is 209 g/mol. The number of nitrogen functional groups attached to an aromatic ring is 1. The molecule has 0 fully saturated rings. The summed E-state index contributed by atoms with van der Waals surface area (Å²) >= 11 is 0. The van der Waals surface area contributed by atoms with E-state index in [0.717, 1.165) is 11.3 Å². The Morgan fingerprint density at radius 2 is 1.75 bits per heavy atom. The summed E-state index contributed by atoms with van der Waals surface area (Å²) < 4.78 is 0. The first-order chi connectivity index (χ1) is 7.75. The molecule has 0 amide bonds. The van der Waals surface area contributed by atoms with Gasteiger partial charge < -0.3 is 5.73 Å². The van der Waals surface area contributed by atoms with Gasteiger partial charge in [0.15, 0.2) is 0 Å². The lowest BCUT2D eigenvalue weighted by Crippen LogP contribution is -1.87. The van der Waals surface area contributed by atoms with Gasteiger partial charge in [-0.2, -0.15) is 0 Å². The van der Waals surface area contributed by atoms with Gasteiger partial charge in [-0.15, -0.1) is 0 Å². The monoisotopic (exact) mass is 209 g/mol. The number of rotatable bonds is 2. The molecule has 0 bridgehead atoms. The number of benzene rings is 2. The zero-order valence-corrected chi connectivity index (χ0v) is 9.35. The van der Waals surface area contributed by atoms with Gasteiger partial charge in [-0.25, -0.2) is 0 Å². The molecule has 2 aromatic carbocycles. The zero-order valence-electron chi connectivity index (χ0n) is 9.35. The summed E-state index contributed by atoms with van der Waals surface area (Å²) in [6.07, 6.45) is 4.13. The van der Waals surface area contributed by atoms with Gasteiger partial charge >= 0.3 is 0 Å². The Bertz CT molecular complexity index is 512. The summed E-state index contributed by atoms with van der Waals surface area (Å²) in [5.41, 5.74) is 10.2. The van der Waals surface area contributed by atoms with Gasteiger partial charge in [0.05, 0.1) is 0 Å². The number of aryl methyl sites for hydroxylation is 1. The molecule has 2 rings (SSSR count). The smallest absolute Gasteiger partial charge is 0.0387 e. The Kier molecular flexibility index (Phi) is 3.06. The maximum absolute atomic E-state index is 5.86. The largest absolute Gasteiger partial charge is 0.398 e. The van der Waals surface area contributed by atoms with Gasteiger partial charge in [0.2, 0.25) is 0 Å². The van der Waals surface area contributed by atoms with E-state index >= 15 is 0 Å². The van der Waals surface area contributed by atoms with Crippen molar-refractivity contribution in [3.63, 3.8) is 0 Å². The molecule has 1 heteroatoms. The van der Waals surface area contributed by atoms with Crippen molar-refractivity contribution in [2.45, 2.75) is 6.92 Å². The van der Waals surface area contributed by atoms with Gasteiger partial charge in [-0.1, -0.05) is 60.2 Å². The van der Waals surface area contributed by atoms with Crippen molar-refractivity contribution in [1.29, 1.82) is 0 Å². The van der Waals surface area contributed by atoms with E-state index in [4.69, 9.17) is 5.73 Å². The molecule has 0 spiro atoms. The fraction of sp³-hybridized carbons (Fsp3) is 0.0667. The van der Waals surface area contributed by atoms with Crippen molar-refractivity contribution >= 4 is 17.8 Å².